The summed E-state index contributed by atoms with van der Waals surface area (Å²) in [5.41, 5.74) is 2.70. The third kappa shape index (κ3) is 4.40. The van der Waals surface area contributed by atoms with Crippen molar-refractivity contribution >= 4 is 50.5 Å². The fraction of sp³-hybridized carbons (Fsp3) is 0.167. The number of hydrogen-bond donors (Lipinski definition) is 2. The Bertz CT molecular complexity index is 806. The van der Waals surface area contributed by atoms with Gasteiger partial charge < -0.3 is 0 Å². The highest BCUT2D eigenvalue weighted by molar-refractivity contribution is 7.89. The molecule has 0 bridgehead atoms. The lowest BCUT2D eigenvalue weighted by atomic mass is 10.3. The third-order valence-corrected chi connectivity index (χ3v) is 5.34. The number of aryl methyl sites for hydroxylation is 1. The van der Waals surface area contributed by atoms with Gasteiger partial charge in [-0.05, 0) is 25.1 Å². The fourth-order valence-corrected chi connectivity index (χ4v) is 3.39. The highest BCUT2D eigenvalue weighted by Crippen LogP contribution is 2.24. The van der Waals surface area contributed by atoms with Crippen LogP contribution in [-0.2, 0) is 21.2 Å². The van der Waals surface area contributed by atoms with Crippen LogP contribution in [0, 0.1) is 6.92 Å². The monoisotopic (exact) mass is 379 g/mol. The molecule has 2 aromatic rings. The Balaban J connectivity index is 2.00. The molecular formula is C12H11Cl2N3O3S2. The van der Waals surface area contributed by atoms with Crippen LogP contribution in [0.2, 0.25) is 10.0 Å². The zero-order valence-electron chi connectivity index (χ0n) is 11.3. The van der Waals surface area contributed by atoms with Crippen molar-refractivity contribution in [3.05, 3.63) is 44.3 Å². The second-order valence-electron chi connectivity index (χ2n) is 4.26. The van der Waals surface area contributed by atoms with E-state index < -0.39 is 15.9 Å². The molecule has 0 aliphatic carbocycles. The van der Waals surface area contributed by atoms with Gasteiger partial charge in [0.05, 0.1) is 32.1 Å². The topological polar surface area (TPSA) is 88.2 Å². The number of thiazole rings is 1. The number of aromatic nitrogens is 1. The maximum absolute atomic E-state index is 12.0. The molecule has 10 heteroatoms. The standard InChI is InChI=1S/C12H11Cl2N3O3S2/c1-7-15-8(6-21-7)4-12(18)16-17-22(19,20)9-2-3-10(13)11(14)5-9/h2-3,5-6,17H,4H2,1H3,(H,16,18). The minimum atomic E-state index is -3.92. The van der Waals surface area contributed by atoms with E-state index in [2.05, 4.69) is 10.4 Å². The predicted molar refractivity (Wildman–Crippen MR) is 85.5 cm³/mol. The maximum atomic E-state index is 12.0. The number of hydrazine groups is 1. The molecule has 0 atom stereocenters. The first-order valence-electron chi connectivity index (χ1n) is 5.94. The Hall–Kier alpha value is -1.19. The zero-order valence-corrected chi connectivity index (χ0v) is 14.4. The van der Waals surface area contributed by atoms with Crippen LogP contribution in [0.3, 0.4) is 0 Å². The Morgan fingerprint density at radius 1 is 1.32 bits per heavy atom. The third-order valence-electron chi connectivity index (χ3n) is 2.53. The van der Waals surface area contributed by atoms with Gasteiger partial charge in [-0.3, -0.25) is 10.2 Å². The summed E-state index contributed by atoms with van der Waals surface area (Å²) in [7, 11) is -3.92. The molecule has 1 aromatic carbocycles. The average Bonchev–Trinajstić information content (AvgIpc) is 2.85. The number of amides is 1. The van der Waals surface area contributed by atoms with E-state index in [9.17, 15) is 13.2 Å². The van der Waals surface area contributed by atoms with Gasteiger partial charge >= 0.3 is 0 Å². The number of sulfonamides is 1. The predicted octanol–water partition coefficient (Wildman–Crippen LogP) is 2.31. The number of benzene rings is 1. The lowest BCUT2D eigenvalue weighted by Crippen LogP contribution is -2.42. The molecule has 2 N–H and O–H groups in total. The summed E-state index contributed by atoms with van der Waals surface area (Å²) >= 11 is 12.9. The van der Waals surface area contributed by atoms with Crippen molar-refractivity contribution in [2.45, 2.75) is 18.2 Å². The van der Waals surface area contributed by atoms with Crippen LogP contribution >= 0.6 is 34.5 Å². The van der Waals surface area contributed by atoms with Crippen LogP contribution in [0.15, 0.2) is 28.5 Å². The number of carbonyl (C=O) groups excluding carboxylic acids is 1. The number of carbonyl (C=O) groups is 1. The van der Waals surface area contributed by atoms with E-state index in [1.54, 1.807) is 5.38 Å². The summed E-state index contributed by atoms with van der Waals surface area (Å²) in [5, 5.41) is 2.92. The molecule has 0 aliphatic rings. The Kier molecular flexibility index (Phi) is 5.41. The van der Waals surface area contributed by atoms with Gasteiger partial charge in [0.1, 0.15) is 0 Å². The fourth-order valence-electron chi connectivity index (χ4n) is 1.53. The summed E-state index contributed by atoms with van der Waals surface area (Å²) in [4.78, 5) is 17.7. The highest BCUT2D eigenvalue weighted by atomic mass is 35.5. The molecule has 0 saturated carbocycles. The van der Waals surface area contributed by atoms with Gasteiger partial charge in [0, 0.05) is 5.38 Å². The van der Waals surface area contributed by atoms with Crippen LogP contribution in [0.25, 0.3) is 0 Å². The van der Waals surface area contributed by atoms with Crippen molar-refractivity contribution in [1.82, 2.24) is 15.2 Å². The largest absolute Gasteiger partial charge is 0.277 e. The quantitative estimate of drug-likeness (QED) is 0.780. The van der Waals surface area contributed by atoms with Crippen LogP contribution in [-0.4, -0.2) is 19.3 Å². The van der Waals surface area contributed by atoms with Crippen molar-refractivity contribution in [2.75, 3.05) is 0 Å². The molecule has 0 aliphatic heterocycles. The van der Waals surface area contributed by atoms with E-state index in [4.69, 9.17) is 23.2 Å². The molecule has 6 nitrogen and oxygen atoms in total. The van der Waals surface area contributed by atoms with E-state index in [1.165, 1.54) is 29.5 Å². The van der Waals surface area contributed by atoms with Crippen LogP contribution in [0.5, 0.6) is 0 Å². The summed E-state index contributed by atoms with van der Waals surface area (Å²) in [6.45, 7) is 1.82. The van der Waals surface area contributed by atoms with Crippen LogP contribution in [0.4, 0.5) is 0 Å². The molecular weight excluding hydrogens is 369 g/mol. The molecule has 0 radical (unpaired) electrons. The molecule has 1 amide bonds. The first kappa shape index (κ1) is 17.2. The first-order valence-corrected chi connectivity index (χ1v) is 9.06. The average molecular weight is 380 g/mol. The van der Waals surface area contributed by atoms with Gasteiger partial charge in [-0.1, -0.05) is 23.2 Å². The SMILES string of the molecule is Cc1nc(CC(=O)NNS(=O)(=O)c2ccc(Cl)c(Cl)c2)cs1. The number of halogens is 2. The van der Waals surface area contributed by atoms with E-state index in [1.807, 2.05) is 11.8 Å². The summed E-state index contributed by atoms with van der Waals surface area (Å²) < 4.78 is 24.0. The van der Waals surface area contributed by atoms with E-state index >= 15 is 0 Å². The Labute approximate surface area is 141 Å². The molecule has 0 saturated heterocycles. The number of nitrogens with zero attached hydrogens (tertiary/aromatic N) is 1. The highest BCUT2D eigenvalue weighted by Gasteiger charge is 2.17. The molecule has 0 spiro atoms. The van der Waals surface area contributed by atoms with Crippen molar-refractivity contribution < 1.29 is 13.2 Å². The smallest absolute Gasteiger partial charge is 0.257 e. The van der Waals surface area contributed by atoms with Gasteiger partial charge in [0.25, 0.3) is 10.0 Å². The summed E-state index contributed by atoms with van der Waals surface area (Å²) in [6.07, 6.45) is -0.0196. The number of rotatable bonds is 5. The normalized spacial score (nSPS) is 11.4. The zero-order chi connectivity index (χ0) is 16.3. The molecule has 1 heterocycles. The van der Waals surface area contributed by atoms with E-state index in [0.717, 1.165) is 5.01 Å². The second kappa shape index (κ2) is 6.93. The maximum Gasteiger partial charge on any atom is 0.257 e. The number of hydrogen-bond acceptors (Lipinski definition) is 5. The Morgan fingerprint density at radius 3 is 2.64 bits per heavy atom. The molecule has 22 heavy (non-hydrogen) atoms. The number of nitrogens with one attached hydrogen (secondary N) is 2. The molecule has 1 aromatic heterocycles. The van der Waals surface area contributed by atoms with Crippen molar-refractivity contribution in [2.24, 2.45) is 0 Å². The summed E-state index contributed by atoms with van der Waals surface area (Å²) in [5.74, 6) is -0.520. The van der Waals surface area contributed by atoms with Gasteiger partial charge in [-0.25, -0.2) is 13.4 Å². The van der Waals surface area contributed by atoms with E-state index in [0.29, 0.717) is 5.69 Å². The molecule has 0 fully saturated rings. The van der Waals surface area contributed by atoms with E-state index in [-0.39, 0.29) is 21.4 Å². The summed E-state index contributed by atoms with van der Waals surface area (Å²) in [6, 6.07) is 3.84. The lowest BCUT2D eigenvalue weighted by Gasteiger charge is -2.08. The van der Waals surface area contributed by atoms with Crippen LogP contribution < -0.4 is 10.3 Å². The van der Waals surface area contributed by atoms with Crippen molar-refractivity contribution in [3.8, 4) is 0 Å². The molecule has 118 valence electrons. The molecule has 0 unspecified atom stereocenters. The minimum Gasteiger partial charge on any atom is -0.277 e. The van der Waals surface area contributed by atoms with Crippen molar-refractivity contribution in [3.63, 3.8) is 0 Å². The minimum absolute atomic E-state index is 0.0196. The van der Waals surface area contributed by atoms with Crippen LogP contribution in [0.1, 0.15) is 10.7 Å². The van der Waals surface area contributed by atoms with Gasteiger partial charge in [0.2, 0.25) is 5.91 Å². The molecule has 2 rings (SSSR count). The lowest BCUT2D eigenvalue weighted by molar-refractivity contribution is -0.120. The van der Waals surface area contributed by atoms with Gasteiger partial charge in [0.15, 0.2) is 0 Å². The van der Waals surface area contributed by atoms with Gasteiger partial charge in [-0.2, -0.15) is 0 Å². The van der Waals surface area contributed by atoms with Crippen molar-refractivity contribution in [1.29, 1.82) is 0 Å². The van der Waals surface area contributed by atoms with Gasteiger partial charge in [-0.15, -0.1) is 16.2 Å². The Morgan fingerprint density at radius 2 is 2.05 bits per heavy atom. The first-order chi connectivity index (χ1) is 10.3. The second-order valence-corrected chi connectivity index (χ2v) is 7.82.